The largest absolute Gasteiger partial charge is 0.355 e. The van der Waals surface area contributed by atoms with Crippen LogP contribution in [0.2, 0.25) is 0 Å². The molecule has 1 atom stereocenters. The van der Waals surface area contributed by atoms with E-state index in [1.54, 1.807) is 0 Å². The Morgan fingerprint density at radius 3 is 2.61 bits per heavy atom. The van der Waals surface area contributed by atoms with Gasteiger partial charge in [-0.1, -0.05) is 0 Å². The van der Waals surface area contributed by atoms with Gasteiger partial charge in [-0.25, -0.2) is 0 Å². The molecule has 2 saturated heterocycles. The van der Waals surface area contributed by atoms with Crippen molar-refractivity contribution < 1.29 is 4.79 Å². The number of piperazine rings is 1. The Hall–Kier alpha value is -1.63. The van der Waals surface area contributed by atoms with Crippen molar-refractivity contribution in [2.75, 3.05) is 37.6 Å². The number of nitrogens with zero attached hydrogens (tertiary/aromatic N) is 4. The fourth-order valence-electron chi connectivity index (χ4n) is 2.64. The van der Waals surface area contributed by atoms with E-state index in [1.165, 1.54) is 0 Å². The third-order valence-corrected chi connectivity index (χ3v) is 3.64. The molecule has 0 spiro atoms. The molecule has 18 heavy (non-hydrogen) atoms. The summed E-state index contributed by atoms with van der Waals surface area (Å²) in [5.41, 5.74) is 0. The number of aromatic amines is 1. The molecule has 0 radical (unpaired) electrons. The number of hydrogen-bond acceptors (Lipinski definition) is 5. The van der Waals surface area contributed by atoms with E-state index in [-0.39, 0.29) is 11.9 Å². The normalized spacial score (nSPS) is 25.5. The zero-order valence-electron chi connectivity index (χ0n) is 10.5. The van der Waals surface area contributed by atoms with Crippen molar-refractivity contribution in [3.63, 3.8) is 0 Å². The molecule has 0 aromatic carbocycles. The van der Waals surface area contributed by atoms with Crippen LogP contribution >= 0.6 is 0 Å². The highest BCUT2D eigenvalue weighted by atomic mass is 16.2. The smallest absolute Gasteiger partial charge is 0.244 e. The Kier molecular flexibility index (Phi) is 2.91. The first-order valence-corrected chi connectivity index (χ1v) is 6.40. The Bertz CT molecular complexity index is 436. The van der Waals surface area contributed by atoms with Crippen molar-refractivity contribution in [3.05, 3.63) is 5.82 Å². The summed E-state index contributed by atoms with van der Waals surface area (Å²) < 4.78 is 0. The molecule has 7 heteroatoms. The molecule has 0 saturated carbocycles. The van der Waals surface area contributed by atoms with E-state index in [4.69, 9.17) is 0 Å². The van der Waals surface area contributed by atoms with Gasteiger partial charge in [-0.05, 0) is 13.3 Å². The number of amides is 1. The van der Waals surface area contributed by atoms with Crippen molar-refractivity contribution in [3.8, 4) is 0 Å². The van der Waals surface area contributed by atoms with E-state index >= 15 is 0 Å². The third-order valence-electron chi connectivity index (χ3n) is 3.64. The second-order valence-corrected chi connectivity index (χ2v) is 4.84. The van der Waals surface area contributed by atoms with Gasteiger partial charge in [0.15, 0.2) is 0 Å². The molecule has 3 rings (SSSR count). The number of carbonyl (C=O) groups excluding carboxylic acids is 1. The summed E-state index contributed by atoms with van der Waals surface area (Å²) in [6.07, 6.45) is 0.929. The molecule has 3 heterocycles. The van der Waals surface area contributed by atoms with Gasteiger partial charge in [-0.15, -0.1) is 5.10 Å². The Balaban J connectivity index is 1.59. The zero-order chi connectivity index (χ0) is 12.5. The van der Waals surface area contributed by atoms with Crippen LogP contribution in [0.15, 0.2) is 0 Å². The van der Waals surface area contributed by atoms with Crippen LogP contribution in [0, 0.1) is 6.92 Å². The maximum atomic E-state index is 11.6. The molecule has 2 aliphatic heterocycles. The van der Waals surface area contributed by atoms with Crippen LogP contribution in [0.25, 0.3) is 0 Å². The number of anilines is 1. The van der Waals surface area contributed by atoms with Gasteiger partial charge in [0.25, 0.3) is 0 Å². The van der Waals surface area contributed by atoms with Gasteiger partial charge in [-0.2, -0.15) is 4.98 Å². The van der Waals surface area contributed by atoms with E-state index in [2.05, 4.69) is 30.3 Å². The van der Waals surface area contributed by atoms with E-state index in [0.717, 1.165) is 50.9 Å². The predicted octanol–water partition coefficient (Wildman–Crippen LogP) is -0.876. The van der Waals surface area contributed by atoms with Gasteiger partial charge in [0, 0.05) is 32.7 Å². The molecular weight excluding hydrogens is 232 g/mol. The van der Waals surface area contributed by atoms with Crippen molar-refractivity contribution in [1.82, 2.24) is 25.4 Å². The molecule has 2 N–H and O–H groups in total. The standard InChI is InChI=1S/C11H18N6O/c1-8-13-11(15-14-8)17-6-4-16(5-7-17)9-2-3-12-10(9)18/h9H,2-7H2,1H3,(H,12,18)(H,13,14,15). The van der Waals surface area contributed by atoms with Crippen LogP contribution in [-0.2, 0) is 4.79 Å². The van der Waals surface area contributed by atoms with E-state index in [9.17, 15) is 4.79 Å². The molecule has 0 aliphatic carbocycles. The maximum absolute atomic E-state index is 11.6. The first-order valence-electron chi connectivity index (χ1n) is 6.40. The fourth-order valence-corrected chi connectivity index (χ4v) is 2.64. The van der Waals surface area contributed by atoms with E-state index in [1.807, 2.05) is 6.92 Å². The Labute approximate surface area is 106 Å². The molecular formula is C11H18N6O. The van der Waals surface area contributed by atoms with E-state index < -0.39 is 0 Å². The van der Waals surface area contributed by atoms with Crippen molar-refractivity contribution in [2.24, 2.45) is 0 Å². The van der Waals surface area contributed by atoms with Crippen LogP contribution in [0.4, 0.5) is 5.95 Å². The number of nitrogens with one attached hydrogen (secondary N) is 2. The average Bonchev–Trinajstić information content (AvgIpc) is 2.98. The second kappa shape index (κ2) is 4.56. The number of rotatable bonds is 2. The van der Waals surface area contributed by atoms with Gasteiger partial charge in [0.05, 0.1) is 6.04 Å². The molecule has 1 amide bonds. The van der Waals surface area contributed by atoms with E-state index in [0.29, 0.717) is 0 Å². The minimum Gasteiger partial charge on any atom is -0.355 e. The quantitative estimate of drug-likeness (QED) is 0.713. The van der Waals surface area contributed by atoms with Crippen LogP contribution in [0.1, 0.15) is 12.2 Å². The van der Waals surface area contributed by atoms with Crippen molar-refractivity contribution in [1.29, 1.82) is 0 Å². The highest BCUT2D eigenvalue weighted by Crippen LogP contribution is 2.15. The summed E-state index contributed by atoms with van der Waals surface area (Å²) in [6.45, 7) is 6.25. The molecule has 1 aromatic rings. The Morgan fingerprint density at radius 2 is 2.06 bits per heavy atom. The lowest BCUT2D eigenvalue weighted by Gasteiger charge is -2.36. The lowest BCUT2D eigenvalue weighted by Crippen LogP contribution is -2.52. The van der Waals surface area contributed by atoms with Gasteiger partial charge < -0.3 is 10.2 Å². The summed E-state index contributed by atoms with van der Waals surface area (Å²) in [5.74, 6) is 1.78. The molecule has 2 fully saturated rings. The summed E-state index contributed by atoms with van der Waals surface area (Å²) >= 11 is 0. The monoisotopic (exact) mass is 250 g/mol. The number of hydrogen-bond donors (Lipinski definition) is 2. The molecule has 98 valence electrons. The first kappa shape index (κ1) is 11.5. The predicted molar refractivity (Wildman–Crippen MR) is 66.3 cm³/mol. The van der Waals surface area contributed by atoms with Crippen LogP contribution in [-0.4, -0.2) is 64.8 Å². The molecule has 1 aromatic heterocycles. The van der Waals surface area contributed by atoms with Crippen LogP contribution < -0.4 is 10.2 Å². The maximum Gasteiger partial charge on any atom is 0.244 e. The summed E-state index contributed by atoms with van der Waals surface area (Å²) in [5, 5.41) is 9.92. The second-order valence-electron chi connectivity index (χ2n) is 4.84. The zero-order valence-corrected chi connectivity index (χ0v) is 10.5. The third kappa shape index (κ3) is 2.05. The minimum absolute atomic E-state index is 0.0704. The fraction of sp³-hybridized carbons (Fsp3) is 0.727. The topological polar surface area (TPSA) is 77.2 Å². The highest BCUT2D eigenvalue weighted by Gasteiger charge is 2.32. The van der Waals surface area contributed by atoms with Crippen LogP contribution in [0.3, 0.4) is 0 Å². The highest BCUT2D eigenvalue weighted by molar-refractivity contribution is 5.83. The average molecular weight is 250 g/mol. The lowest BCUT2D eigenvalue weighted by atomic mass is 10.2. The summed E-state index contributed by atoms with van der Waals surface area (Å²) in [6, 6.07) is 0.0704. The van der Waals surface area contributed by atoms with Crippen molar-refractivity contribution in [2.45, 2.75) is 19.4 Å². The number of aryl methyl sites for hydroxylation is 1. The molecule has 1 unspecified atom stereocenters. The SMILES string of the molecule is Cc1nc(N2CCN(C3CCNC3=O)CC2)n[nH]1. The molecule has 0 bridgehead atoms. The van der Waals surface area contributed by atoms with Crippen LogP contribution in [0.5, 0.6) is 0 Å². The lowest BCUT2D eigenvalue weighted by molar-refractivity contribution is -0.123. The Morgan fingerprint density at radius 1 is 1.28 bits per heavy atom. The summed E-state index contributed by atoms with van der Waals surface area (Å²) in [7, 11) is 0. The van der Waals surface area contributed by atoms with Crippen molar-refractivity contribution >= 4 is 11.9 Å². The number of H-pyrrole nitrogens is 1. The van der Waals surface area contributed by atoms with Gasteiger partial charge in [0.2, 0.25) is 11.9 Å². The molecule has 7 nitrogen and oxygen atoms in total. The van der Waals surface area contributed by atoms with Gasteiger partial charge in [-0.3, -0.25) is 14.8 Å². The van der Waals surface area contributed by atoms with Gasteiger partial charge in [0.1, 0.15) is 5.82 Å². The number of carbonyl (C=O) groups is 1. The first-order chi connectivity index (χ1) is 8.74. The molecule has 2 aliphatic rings. The minimum atomic E-state index is 0.0704. The van der Waals surface area contributed by atoms with Gasteiger partial charge >= 0.3 is 0 Å². The summed E-state index contributed by atoms with van der Waals surface area (Å²) in [4.78, 5) is 20.4. The number of aromatic nitrogens is 3.